The second-order valence-electron chi connectivity index (χ2n) is 4.82. The van der Waals surface area contributed by atoms with E-state index in [1.165, 1.54) is 0 Å². The van der Waals surface area contributed by atoms with E-state index >= 15 is 0 Å². The summed E-state index contributed by atoms with van der Waals surface area (Å²) in [4.78, 5) is 15.8. The van der Waals surface area contributed by atoms with Gasteiger partial charge in [-0.05, 0) is 39.2 Å². The van der Waals surface area contributed by atoms with Gasteiger partial charge in [0.1, 0.15) is 11.8 Å². The quantitative estimate of drug-likeness (QED) is 0.778. The van der Waals surface area contributed by atoms with Crippen molar-refractivity contribution in [1.29, 1.82) is 0 Å². The minimum absolute atomic E-state index is 0.0298. The van der Waals surface area contributed by atoms with Crippen LogP contribution in [0.5, 0.6) is 0 Å². The van der Waals surface area contributed by atoms with Gasteiger partial charge in [0.15, 0.2) is 0 Å². The first kappa shape index (κ1) is 14.7. The molecule has 5 heteroatoms. The smallest absolute Gasteiger partial charge is 0.220 e. The van der Waals surface area contributed by atoms with Gasteiger partial charge in [0.25, 0.3) is 0 Å². The van der Waals surface area contributed by atoms with Crippen molar-refractivity contribution < 1.29 is 9.21 Å². The topological polar surface area (TPSA) is 81.2 Å². The van der Waals surface area contributed by atoms with Crippen LogP contribution < -0.4 is 11.1 Å². The molecule has 1 amide bonds. The van der Waals surface area contributed by atoms with Crippen LogP contribution >= 0.6 is 0 Å². The molecule has 0 saturated heterocycles. The molecule has 3 N–H and O–H groups in total. The standard InChI is InChI=1S/C13H23N3O2/c1-9(6-7-14)4-5-12(17)16-11(3)13-15-8-10(2)18-13/h8-9,11H,4-7,14H2,1-3H3,(H,16,17). The van der Waals surface area contributed by atoms with Crippen LogP contribution in [0.4, 0.5) is 0 Å². The van der Waals surface area contributed by atoms with Crippen LogP contribution in [0.3, 0.4) is 0 Å². The largest absolute Gasteiger partial charge is 0.444 e. The summed E-state index contributed by atoms with van der Waals surface area (Å²) in [5, 5.41) is 2.88. The summed E-state index contributed by atoms with van der Waals surface area (Å²) < 4.78 is 5.37. The summed E-state index contributed by atoms with van der Waals surface area (Å²) in [7, 11) is 0. The maximum Gasteiger partial charge on any atom is 0.220 e. The highest BCUT2D eigenvalue weighted by atomic mass is 16.4. The van der Waals surface area contributed by atoms with Crippen LogP contribution in [0.15, 0.2) is 10.6 Å². The van der Waals surface area contributed by atoms with E-state index < -0.39 is 0 Å². The molecule has 1 aromatic rings. The predicted molar refractivity (Wildman–Crippen MR) is 69.9 cm³/mol. The summed E-state index contributed by atoms with van der Waals surface area (Å²) in [6.45, 7) is 6.49. The molecular weight excluding hydrogens is 230 g/mol. The molecule has 1 rings (SSSR count). The maximum absolute atomic E-state index is 11.7. The molecule has 1 heterocycles. The van der Waals surface area contributed by atoms with Crippen LogP contribution in [0.1, 0.15) is 50.8 Å². The summed E-state index contributed by atoms with van der Waals surface area (Å²) in [6, 6.07) is -0.184. The zero-order valence-corrected chi connectivity index (χ0v) is 11.4. The Morgan fingerprint density at radius 3 is 2.78 bits per heavy atom. The van der Waals surface area contributed by atoms with Crippen LogP contribution in [-0.2, 0) is 4.79 Å². The van der Waals surface area contributed by atoms with E-state index in [2.05, 4.69) is 17.2 Å². The highest BCUT2D eigenvalue weighted by molar-refractivity contribution is 5.76. The number of hydrogen-bond donors (Lipinski definition) is 2. The molecule has 0 radical (unpaired) electrons. The van der Waals surface area contributed by atoms with Crippen LogP contribution in [0, 0.1) is 12.8 Å². The lowest BCUT2D eigenvalue weighted by Crippen LogP contribution is -2.27. The fourth-order valence-electron chi connectivity index (χ4n) is 1.75. The Bertz CT molecular complexity index is 376. The van der Waals surface area contributed by atoms with Crippen molar-refractivity contribution in [3.8, 4) is 0 Å². The Kier molecular flexibility index (Phi) is 5.85. The molecular formula is C13H23N3O2. The molecule has 2 unspecified atom stereocenters. The number of rotatable bonds is 7. The molecule has 2 atom stereocenters. The number of nitrogens with one attached hydrogen (secondary N) is 1. The molecule has 0 bridgehead atoms. The SMILES string of the molecule is Cc1cnc(C(C)NC(=O)CCC(C)CCN)o1. The van der Waals surface area contributed by atoms with Crippen LogP contribution in [0.2, 0.25) is 0 Å². The number of aryl methyl sites for hydroxylation is 1. The third-order valence-corrected chi connectivity index (χ3v) is 2.91. The molecule has 1 aromatic heterocycles. The molecule has 102 valence electrons. The summed E-state index contributed by atoms with van der Waals surface area (Å²) in [5.41, 5.74) is 5.47. The Balaban J connectivity index is 2.31. The molecule has 0 aliphatic rings. The lowest BCUT2D eigenvalue weighted by molar-refractivity contribution is -0.122. The molecule has 0 spiro atoms. The average Bonchev–Trinajstić information content (AvgIpc) is 2.74. The number of oxazole rings is 1. The highest BCUT2D eigenvalue weighted by Gasteiger charge is 2.14. The van der Waals surface area contributed by atoms with Crippen molar-refractivity contribution in [3.05, 3.63) is 17.8 Å². The van der Waals surface area contributed by atoms with E-state index in [1.54, 1.807) is 6.20 Å². The van der Waals surface area contributed by atoms with Crippen molar-refractivity contribution in [2.75, 3.05) is 6.54 Å². The van der Waals surface area contributed by atoms with E-state index in [4.69, 9.17) is 10.2 Å². The summed E-state index contributed by atoms with van der Waals surface area (Å²) >= 11 is 0. The van der Waals surface area contributed by atoms with Gasteiger partial charge in [-0.3, -0.25) is 4.79 Å². The highest BCUT2D eigenvalue weighted by Crippen LogP contribution is 2.13. The van der Waals surface area contributed by atoms with Crippen molar-refractivity contribution in [2.24, 2.45) is 11.7 Å². The molecule has 0 aromatic carbocycles. The minimum Gasteiger partial charge on any atom is -0.444 e. The number of aromatic nitrogens is 1. The summed E-state index contributed by atoms with van der Waals surface area (Å²) in [5.74, 6) is 1.82. The van der Waals surface area contributed by atoms with Crippen molar-refractivity contribution in [2.45, 2.75) is 46.1 Å². The normalized spacial score (nSPS) is 14.2. The fraction of sp³-hybridized carbons (Fsp3) is 0.692. The van der Waals surface area contributed by atoms with Crippen molar-refractivity contribution in [3.63, 3.8) is 0 Å². The van der Waals surface area contributed by atoms with Gasteiger partial charge in [-0.1, -0.05) is 6.92 Å². The minimum atomic E-state index is -0.184. The Morgan fingerprint density at radius 1 is 1.50 bits per heavy atom. The number of amides is 1. The third kappa shape index (κ3) is 4.87. The predicted octanol–water partition coefficient (Wildman–Crippen LogP) is 1.93. The number of nitrogens with zero attached hydrogens (tertiary/aromatic N) is 1. The van der Waals surface area contributed by atoms with Gasteiger partial charge in [-0.25, -0.2) is 4.98 Å². The zero-order valence-electron chi connectivity index (χ0n) is 11.4. The lowest BCUT2D eigenvalue weighted by atomic mass is 10.0. The first-order valence-electron chi connectivity index (χ1n) is 6.44. The Hall–Kier alpha value is -1.36. The monoisotopic (exact) mass is 253 g/mol. The first-order chi connectivity index (χ1) is 8.52. The van der Waals surface area contributed by atoms with E-state index in [-0.39, 0.29) is 11.9 Å². The molecule has 0 aliphatic carbocycles. The van der Waals surface area contributed by atoms with Crippen LogP contribution in [-0.4, -0.2) is 17.4 Å². The molecule has 18 heavy (non-hydrogen) atoms. The number of nitrogens with two attached hydrogens (primary N) is 1. The Morgan fingerprint density at radius 2 is 2.22 bits per heavy atom. The third-order valence-electron chi connectivity index (χ3n) is 2.91. The van der Waals surface area contributed by atoms with Gasteiger partial charge in [0.2, 0.25) is 11.8 Å². The molecule has 5 nitrogen and oxygen atoms in total. The van der Waals surface area contributed by atoms with Gasteiger partial charge in [0, 0.05) is 6.42 Å². The van der Waals surface area contributed by atoms with Crippen LogP contribution in [0.25, 0.3) is 0 Å². The van der Waals surface area contributed by atoms with E-state index in [0.717, 1.165) is 18.6 Å². The second-order valence-corrected chi connectivity index (χ2v) is 4.82. The number of hydrogen-bond acceptors (Lipinski definition) is 4. The van der Waals surface area contributed by atoms with Gasteiger partial charge in [-0.2, -0.15) is 0 Å². The number of carbonyl (C=O) groups is 1. The van der Waals surface area contributed by atoms with E-state index in [0.29, 0.717) is 24.8 Å². The molecule has 0 fully saturated rings. The van der Waals surface area contributed by atoms with Crippen molar-refractivity contribution in [1.82, 2.24) is 10.3 Å². The zero-order chi connectivity index (χ0) is 13.5. The lowest BCUT2D eigenvalue weighted by Gasteiger charge is -2.12. The summed E-state index contributed by atoms with van der Waals surface area (Å²) in [6.07, 6.45) is 3.99. The second kappa shape index (κ2) is 7.16. The molecule has 0 aliphatic heterocycles. The van der Waals surface area contributed by atoms with Gasteiger partial charge < -0.3 is 15.5 Å². The fourth-order valence-corrected chi connectivity index (χ4v) is 1.75. The Labute approximate surface area is 108 Å². The van der Waals surface area contributed by atoms with Gasteiger partial charge in [-0.15, -0.1) is 0 Å². The first-order valence-corrected chi connectivity index (χ1v) is 6.44. The van der Waals surface area contributed by atoms with Gasteiger partial charge in [0.05, 0.1) is 6.20 Å². The van der Waals surface area contributed by atoms with Gasteiger partial charge >= 0.3 is 0 Å². The van der Waals surface area contributed by atoms with E-state index in [9.17, 15) is 4.79 Å². The van der Waals surface area contributed by atoms with E-state index in [1.807, 2.05) is 13.8 Å². The average molecular weight is 253 g/mol. The maximum atomic E-state index is 11.7. The van der Waals surface area contributed by atoms with Crippen molar-refractivity contribution >= 4 is 5.91 Å². The number of carbonyl (C=O) groups excluding carboxylic acids is 1. The molecule has 0 saturated carbocycles.